The summed E-state index contributed by atoms with van der Waals surface area (Å²) in [7, 11) is 0. The molecule has 4 nitrogen and oxygen atoms in total. The average molecular weight is 441 g/mol. The minimum absolute atomic E-state index is 0.156. The van der Waals surface area contributed by atoms with Gasteiger partial charge >= 0.3 is 0 Å². The summed E-state index contributed by atoms with van der Waals surface area (Å²) in [6.07, 6.45) is 11.0. The quantitative estimate of drug-likeness (QED) is 0.340. The predicted molar refractivity (Wildman–Crippen MR) is 126 cm³/mol. The summed E-state index contributed by atoms with van der Waals surface area (Å²) < 4.78 is 35.2. The van der Waals surface area contributed by atoms with Crippen molar-refractivity contribution in [2.24, 2.45) is 0 Å². The first-order valence-corrected chi connectivity index (χ1v) is 11.2. The SMILES string of the molecule is CCCCCOC(C)CCC/C=C/c1ccc(-c2ccc3[nH]c(=O)cnc3c2)c(F)c1F. The van der Waals surface area contributed by atoms with E-state index in [2.05, 4.69) is 23.8 Å². The molecule has 0 amide bonds. The lowest BCUT2D eigenvalue weighted by Gasteiger charge is -2.12. The van der Waals surface area contributed by atoms with Crippen LogP contribution in [0.3, 0.4) is 0 Å². The zero-order valence-electron chi connectivity index (χ0n) is 18.7. The van der Waals surface area contributed by atoms with Crippen molar-refractivity contribution in [1.29, 1.82) is 0 Å². The van der Waals surface area contributed by atoms with E-state index in [9.17, 15) is 13.6 Å². The monoisotopic (exact) mass is 440 g/mol. The Labute approximate surface area is 187 Å². The molecule has 1 heterocycles. The van der Waals surface area contributed by atoms with Gasteiger partial charge in [0.25, 0.3) is 5.56 Å². The van der Waals surface area contributed by atoms with Crippen LogP contribution >= 0.6 is 0 Å². The molecule has 1 atom stereocenters. The summed E-state index contributed by atoms with van der Waals surface area (Å²) in [6.45, 7) is 5.04. The molecule has 0 saturated carbocycles. The van der Waals surface area contributed by atoms with Crippen LogP contribution in [0.5, 0.6) is 0 Å². The Balaban J connectivity index is 1.60. The first-order chi connectivity index (χ1) is 15.5. The second-order valence-electron chi connectivity index (χ2n) is 8.03. The van der Waals surface area contributed by atoms with Gasteiger partial charge in [0, 0.05) is 17.7 Å². The maximum atomic E-state index is 14.8. The number of unbranched alkanes of at least 4 members (excludes halogenated alkanes) is 3. The maximum absolute atomic E-state index is 14.8. The van der Waals surface area contributed by atoms with Crippen molar-refractivity contribution in [2.45, 2.75) is 58.5 Å². The van der Waals surface area contributed by atoms with Crippen molar-refractivity contribution < 1.29 is 13.5 Å². The third-order valence-corrected chi connectivity index (χ3v) is 5.43. The predicted octanol–water partition coefficient (Wildman–Crippen LogP) is 6.65. The lowest BCUT2D eigenvalue weighted by atomic mass is 10.0. The fraction of sp³-hybridized carbons (Fsp3) is 0.385. The Bertz CT molecular complexity index is 1120. The lowest BCUT2D eigenvalue weighted by molar-refractivity contribution is 0.0566. The number of H-pyrrole nitrogens is 1. The van der Waals surface area contributed by atoms with E-state index in [-0.39, 0.29) is 22.8 Å². The molecule has 170 valence electrons. The van der Waals surface area contributed by atoms with E-state index in [4.69, 9.17) is 4.74 Å². The highest BCUT2D eigenvalue weighted by molar-refractivity contribution is 5.81. The second-order valence-corrected chi connectivity index (χ2v) is 8.03. The number of aromatic nitrogens is 2. The van der Waals surface area contributed by atoms with Gasteiger partial charge in [-0.25, -0.2) is 13.8 Å². The molecule has 0 bridgehead atoms. The van der Waals surface area contributed by atoms with Crippen molar-refractivity contribution >= 4 is 17.1 Å². The summed E-state index contributed by atoms with van der Waals surface area (Å²) in [4.78, 5) is 18.1. The summed E-state index contributed by atoms with van der Waals surface area (Å²) in [5.41, 5.74) is 1.61. The molecular weight excluding hydrogens is 410 g/mol. The van der Waals surface area contributed by atoms with E-state index >= 15 is 0 Å². The number of ether oxygens (including phenoxy) is 1. The van der Waals surface area contributed by atoms with Gasteiger partial charge in [-0.15, -0.1) is 0 Å². The van der Waals surface area contributed by atoms with Crippen LogP contribution in [0, 0.1) is 11.6 Å². The molecule has 0 saturated heterocycles. The number of halogens is 2. The van der Waals surface area contributed by atoms with Gasteiger partial charge in [-0.05, 0) is 50.3 Å². The van der Waals surface area contributed by atoms with Crippen LogP contribution in [0.15, 0.2) is 47.4 Å². The Morgan fingerprint density at radius 2 is 1.97 bits per heavy atom. The largest absolute Gasteiger partial charge is 0.379 e. The summed E-state index contributed by atoms with van der Waals surface area (Å²) in [5.74, 6) is -1.77. The van der Waals surface area contributed by atoms with E-state index < -0.39 is 11.6 Å². The number of hydrogen-bond acceptors (Lipinski definition) is 3. The van der Waals surface area contributed by atoms with Gasteiger partial charge in [0.15, 0.2) is 11.6 Å². The zero-order chi connectivity index (χ0) is 22.9. The number of benzene rings is 2. The van der Waals surface area contributed by atoms with Gasteiger partial charge < -0.3 is 9.72 Å². The van der Waals surface area contributed by atoms with E-state index in [1.165, 1.54) is 12.8 Å². The van der Waals surface area contributed by atoms with Crippen LogP contribution in [0.2, 0.25) is 0 Å². The van der Waals surface area contributed by atoms with Crippen molar-refractivity contribution in [3.63, 3.8) is 0 Å². The number of allylic oxidation sites excluding steroid dienone is 1. The number of aromatic amines is 1. The molecular formula is C26H30F2N2O2. The van der Waals surface area contributed by atoms with Crippen molar-refractivity contribution in [3.05, 3.63) is 70.2 Å². The molecule has 32 heavy (non-hydrogen) atoms. The van der Waals surface area contributed by atoms with Gasteiger partial charge in [0.1, 0.15) is 0 Å². The van der Waals surface area contributed by atoms with Crippen molar-refractivity contribution in [3.8, 4) is 11.1 Å². The molecule has 0 radical (unpaired) electrons. The molecule has 1 N–H and O–H groups in total. The molecule has 6 heteroatoms. The van der Waals surface area contributed by atoms with Crippen LogP contribution < -0.4 is 5.56 Å². The maximum Gasteiger partial charge on any atom is 0.266 e. The smallest absolute Gasteiger partial charge is 0.266 e. The second kappa shape index (κ2) is 11.7. The highest BCUT2D eigenvalue weighted by Gasteiger charge is 2.14. The Morgan fingerprint density at radius 3 is 2.78 bits per heavy atom. The lowest BCUT2D eigenvalue weighted by Crippen LogP contribution is -2.08. The fourth-order valence-electron chi connectivity index (χ4n) is 3.57. The number of fused-ring (bicyclic) bond motifs is 1. The molecule has 3 aromatic rings. The highest BCUT2D eigenvalue weighted by Crippen LogP contribution is 2.28. The fourth-order valence-corrected chi connectivity index (χ4v) is 3.57. The third kappa shape index (κ3) is 6.33. The van der Waals surface area contributed by atoms with Crippen LogP contribution in [0.4, 0.5) is 8.78 Å². The Hall–Kier alpha value is -2.86. The van der Waals surface area contributed by atoms with Gasteiger partial charge in [0.05, 0.1) is 23.3 Å². The molecule has 0 fully saturated rings. The van der Waals surface area contributed by atoms with E-state index in [0.29, 0.717) is 16.6 Å². The minimum Gasteiger partial charge on any atom is -0.379 e. The topological polar surface area (TPSA) is 55.0 Å². The van der Waals surface area contributed by atoms with Gasteiger partial charge in [-0.2, -0.15) is 0 Å². The van der Waals surface area contributed by atoms with Crippen LogP contribution in [0.1, 0.15) is 57.9 Å². The number of nitrogens with one attached hydrogen (secondary N) is 1. The number of nitrogens with zero attached hydrogens (tertiary/aromatic N) is 1. The first kappa shape index (κ1) is 23.8. The van der Waals surface area contributed by atoms with Crippen LogP contribution in [-0.4, -0.2) is 22.7 Å². The minimum atomic E-state index is -0.898. The summed E-state index contributed by atoms with van der Waals surface area (Å²) in [6, 6.07) is 8.05. The Morgan fingerprint density at radius 1 is 1.12 bits per heavy atom. The molecule has 3 rings (SSSR count). The van der Waals surface area contributed by atoms with E-state index in [0.717, 1.165) is 38.5 Å². The van der Waals surface area contributed by atoms with Gasteiger partial charge in [-0.1, -0.05) is 50.1 Å². The normalized spacial score (nSPS) is 12.6. The highest BCUT2D eigenvalue weighted by atomic mass is 19.2. The molecule has 0 spiro atoms. The van der Waals surface area contributed by atoms with Crippen LogP contribution in [-0.2, 0) is 4.74 Å². The van der Waals surface area contributed by atoms with Crippen molar-refractivity contribution in [1.82, 2.24) is 9.97 Å². The number of hydrogen-bond donors (Lipinski definition) is 1. The van der Waals surface area contributed by atoms with Crippen molar-refractivity contribution in [2.75, 3.05) is 6.61 Å². The average Bonchev–Trinajstić information content (AvgIpc) is 2.79. The van der Waals surface area contributed by atoms with Gasteiger partial charge in [-0.3, -0.25) is 4.79 Å². The standard InChI is InChI=1S/C26H30F2N2O2/c1-3-4-8-15-32-18(2)9-6-5-7-10-19-11-13-21(26(28)25(19)27)20-12-14-22-23(16-20)29-17-24(31)30-22/h7,10-14,16-18H,3-6,8-9,15H2,1-2H3,(H,30,31)/b10-7+. The zero-order valence-corrected chi connectivity index (χ0v) is 18.7. The molecule has 1 aromatic heterocycles. The van der Waals surface area contributed by atoms with E-state index in [1.54, 1.807) is 36.4 Å². The molecule has 1 unspecified atom stereocenters. The first-order valence-electron chi connectivity index (χ1n) is 11.2. The molecule has 0 aliphatic carbocycles. The van der Waals surface area contributed by atoms with Crippen LogP contribution in [0.25, 0.3) is 28.2 Å². The van der Waals surface area contributed by atoms with Gasteiger partial charge in [0.2, 0.25) is 0 Å². The summed E-state index contributed by atoms with van der Waals surface area (Å²) in [5, 5.41) is 0. The Kier molecular flexibility index (Phi) is 8.68. The molecule has 2 aromatic carbocycles. The van der Waals surface area contributed by atoms with E-state index in [1.807, 2.05) is 6.08 Å². The molecule has 0 aliphatic rings. The summed E-state index contributed by atoms with van der Waals surface area (Å²) >= 11 is 0. The number of rotatable bonds is 11. The third-order valence-electron chi connectivity index (χ3n) is 5.43. The molecule has 0 aliphatic heterocycles.